The van der Waals surface area contributed by atoms with Gasteiger partial charge in [-0.1, -0.05) is 75.2 Å². The number of fused-ring (bicyclic) bond motifs is 1. The van der Waals surface area contributed by atoms with Crippen LogP contribution in [0.2, 0.25) is 0 Å². The van der Waals surface area contributed by atoms with Gasteiger partial charge in [0.15, 0.2) is 5.82 Å². The summed E-state index contributed by atoms with van der Waals surface area (Å²) in [5.74, 6) is -0.189. The molecule has 5 N–H and O–H groups in total. The average Bonchev–Trinajstić information content (AvgIpc) is 3.64. The summed E-state index contributed by atoms with van der Waals surface area (Å²) in [7, 11) is -4.45. The second-order valence-electron chi connectivity index (χ2n) is 11.5. The molecule has 254 valence electrons. The number of nitrogens with two attached hydrogens (primary N) is 1. The predicted octanol–water partition coefficient (Wildman–Crippen LogP) is 3.53. The number of anilines is 1. The molecule has 14 nitrogen and oxygen atoms in total. The second-order valence-corrected chi connectivity index (χ2v) is 13.2. The molecule has 3 heterocycles. The molecule has 0 bridgehead atoms. The van der Waals surface area contributed by atoms with Crippen molar-refractivity contribution >= 4 is 25.1 Å². The maximum absolute atomic E-state index is 14.5. The molecule has 1 aliphatic heterocycles. The van der Waals surface area contributed by atoms with Crippen LogP contribution in [0.1, 0.15) is 37.9 Å². The van der Waals surface area contributed by atoms with Crippen LogP contribution >= 0.6 is 7.75 Å². The van der Waals surface area contributed by atoms with Gasteiger partial charge in [0.25, 0.3) is 0 Å². The molecule has 0 aliphatic carbocycles. The van der Waals surface area contributed by atoms with Gasteiger partial charge in [-0.2, -0.15) is 15.4 Å². The lowest BCUT2D eigenvalue weighted by Gasteiger charge is -2.27. The number of aromatic nitrogens is 3. The molecule has 0 radical (unpaired) electrons. The number of para-hydroxylation sites is 1. The Morgan fingerprint density at radius 2 is 1.81 bits per heavy atom. The van der Waals surface area contributed by atoms with E-state index in [0.29, 0.717) is 5.52 Å². The fraction of sp³-hybridized carbons (Fsp3) is 0.394. The lowest BCUT2D eigenvalue weighted by Crippen LogP contribution is -2.41. The number of esters is 1. The van der Waals surface area contributed by atoms with Crippen LogP contribution in [0.25, 0.3) is 5.52 Å². The van der Waals surface area contributed by atoms with E-state index in [0.717, 1.165) is 18.4 Å². The Bertz CT molecular complexity index is 1770. The van der Waals surface area contributed by atoms with Gasteiger partial charge in [-0.25, -0.2) is 14.1 Å². The van der Waals surface area contributed by atoms with E-state index in [9.17, 15) is 24.8 Å². The highest BCUT2D eigenvalue weighted by molar-refractivity contribution is 7.52. The minimum Gasteiger partial charge on any atom is -0.464 e. The number of nitrogens with zero attached hydrogens (tertiary/aromatic N) is 4. The van der Waals surface area contributed by atoms with Gasteiger partial charge in [0.05, 0.1) is 18.9 Å². The number of nitrogen functional groups attached to an aromatic ring is 1. The van der Waals surface area contributed by atoms with Crippen LogP contribution in [-0.4, -0.2) is 68.3 Å². The smallest absolute Gasteiger partial charge is 0.459 e. The number of hydrogen-bond donors (Lipinski definition) is 4. The summed E-state index contributed by atoms with van der Waals surface area (Å²) in [6.07, 6.45) is -1.88. The predicted molar refractivity (Wildman–Crippen MR) is 174 cm³/mol. The Hall–Kier alpha value is -4.35. The minimum absolute atomic E-state index is 0.0909. The van der Waals surface area contributed by atoms with Gasteiger partial charge in [-0.3, -0.25) is 9.32 Å². The zero-order valence-electron chi connectivity index (χ0n) is 26.6. The van der Waals surface area contributed by atoms with Crippen LogP contribution in [0, 0.1) is 17.2 Å². The van der Waals surface area contributed by atoms with E-state index in [1.165, 1.54) is 16.9 Å². The quantitative estimate of drug-likeness (QED) is 0.105. The molecule has 2 aromatic heterocycles. The van der Waals surface area contributed by atoms with Crippen molar-refractivity contribution in [2.45, 2.75) is 63.1 Å². The monoisotopic (exact) mass is 678 g/mol. The van der Waals surface area contributed by atoms with Gasteiger partial charge in [-0.15, -0.1) is 0 Å². The van der Waals surface area contributed by atoms with Crippen LogP contribution in [-0.2, 0) is 35.4 Å². The molecule has 1 fully saturated rings. The first-order valence-corrected chi connectivity index (χ1v) is 17.2. The number of carbonyl (C=O) groups excluding carboxylic acids is 1. The van der Waals surface area contributed by atoms with E-state index in [-0.39, 0.29) is 36.2 Å². The molecule has 1 saturated heterocycles. The largest absolute Gasteiger partial charge is 0.464 e. The molecule has 0 amide bonds. The average molecular weight is 679 g/mol. The van der Waals surface area contributed by atoms with E-state index in [2.05, 4.69) is 15.2 Å². The van der Waals surface area contributed by atoms with Gasteiger partial charge in [0.2, 0.25) is 5.60 Å². The van der Waals surface area contributed by atoms with Crippen molar-refractivity contribution in [3.63, 3.8) is 0 Å². The zero-order valence-corrected chi connectivity index (χ0v) is 27.5. The third kappa shape index (κ3) is 7.52. The van der Waals surface area contributed by atoms with Crippen molar-refractivity contribution in [2.24, 2.45) is 5.92 Å². The summed E-state index contributed by atoms with van der Waals surface area (Å²) in [5.41, 5.74) is 5.06. The summed E-state index contributed by atoms with van der Waals surface area (Å²) >= 11 is 0. The summed E-state index contributed by atoms with van der Waals surface area (Å²) in [5, 5.41) is 39.4. The normalized spacial score (nSPS) is 22.6. The van der Waals surface area contributed by atoms with Gasteiger partial charge in [0.1, 0.15) is 48.0 Å². The van der Waals surface area contributed by atoms with Crippen molar-refractivity contribution in [1.29, 1.82) is 5.26 Å². The van der Waals surface area contributed by atoms with Crippen LogP contribution in [0.3, 0.4) is 0 Å². The first kappa shape index (κ1) is 35.0. The number of benzene rings is 2. The second kappa shape index (κ2) is 15.3. The topological polar surface area (TPSA) is 204 Å². The van der Waals surface area contributed by atoms with Gasteiger partial charge >= 0.3 is 13.7 Å². The molecule has 4 aromatic rings. The molecule has 2 aromatic carbocycles. The Kier molecular flexibility index (Phi) is 11.1. The molecule has 1 aliphatic rings. The van der Waals surface area contributed by atoms with Gasteiger partial charge in [-0.05, 0) is 42.2 Å². The Morgan fingerprint density at radius 1 is 1.12 bits per heavy atom. The van der Waals surface area contributed by atoms with Crippen molar-refractivity contribution in [1.82, 2.24) is 19.7 Å². The number of nitriles is 1. The van der Waals surface area contributed by atoms with Crippen LogP contribution in [0.15, 0.2) is 79.1 Å². The van der Waals surface area contributed by atoms with E-state index in [1.54, 1.807) is 36.4 Å². The molecular formula is C33H39N6O8P. The summed E-state index contributed by atoms with van der Waals surface area (Å²) in [6, 6.07) is 21.2. The van der Waals surface area contributed by atoms with E-state index in [4.69, 9.17) is 24.3 Å². The van der Waals surface area contributed by atoms with E-state index < -0.39 is 50.3 Å². The first-order chi connectivity index (χ1) is 23.1. The zero-order chi connectivity index (χ0) is 34.3. The summed E-state index contributed by atoms with van der Waals surface area (Å²) in [6.45, 7) is 3.60. The number of aliphatic hydroxyl groups is 2. The fourth-order valence-electron chi connectivity index (χ4n) is 5.48. The highest BCUT2D eigenvalue weighted by atomic mass is 31.2. The molecule has 15 heteroatoms. The number of rotatable bonds is 15. The van der Waals surface area contributed by atoms with Gasteiger partial charge in [0, 0.05) is 0 Å². The number of carbonyl (C=O) groups is 1. The third-order valence-electron chi connectivity index (χ3n) is 8.36. The fourth-order valence-corrected chi connectivity index (χ4v) is 6.98. The molecule has 0 spiro atoms. The molecule has 5 rings (SSSR count). The molecule has 0 saturated carbocycles. The number of hydrogen-bond acceptors (Lipinski definition) is 12. The number of nitrogens with one attached hydrogen (secondary N) is 1. The van der Waals surface area contributed by atoms with Crippen molar-refractivity contribution in [3.05, 3.63) is 90.4 Å². The highest BCUT2D eigenvalue weighted by Gasteiger charge is 2.58. The maximum atomic E-state index is 14.5. The van der Waals surface area contributed by atoms with E-state index in [1.807, 2.05) is 50.2 Å². The number of aliphatic hydroxyl groups excluding tert-OH is 2. The standard InChI is InChI=1S/C33H39N6O8P/c1-3-22(4-2)18-44-32(42)25(17-23-11-7-5-8-12-23)38-48(43,47-24-13-9-6-10-14-24)45-19-27-29(40)30(41)33(20-34,46-27)28-16-15-26-31(35)36-21-37-39(26)28/h5-16,21-22,25,27,29-30,40-41H,3-4,17-19H2,1-2H3,(H,38,43)(H2,35,36,37)/t25-,27+,29+,30+,33-,48-/m0/s1. The van der Waals surface area contributed by atoms with Crippen molar-refractivity contribution < 1.29 is 38.1 Å². The molecule has 48 heavy (non-hydrogen) atoms. The summed E-state index contributed by atoms with van der Waals surface area (Å²) < 4.78 is 39.1. The van der Waals surface area contributed by atoms with E-state index >= 15 is 0 Å². The number of ether oxygens (including phenoxy) is 2. The van der Waals surface area contributed by atoms with Crippen LogP contribution < -0.4 is 15.3 Å². The Balaban J connectivity index is 1.41. The third-order valence-corrected chi connectivity index (χ3v) is 9.93. The summed E-state index contributed by atoms with van der Waals surface area (Å²) in [4.78, 5) is 17.4. The molecule has 6 atom stereocenters. The lowest BCUT2D eigenvalue weighted by atomic mass is 9.92. The van der Waals surface area contributed by atoms with Crippen molar-refractivity contribution in [3.8, 4) is 11.8 Å². The highest BCUT2D eigenvalue weighted by Crippen LogP contribution is 2.47. The lowest BCUT2D eigenvalue weighted by molar-refractivity contribution is -0.147. The van der Waals surface area contributed by atoms with Crippen LogP contribution in [0.4, 0.5) is 5.82 Å². The maximum Gasteiger partial charge on any atom is 0.459 e. The SMILES string of the molecule is CCC(CC)COC(=O)[C@H](Cc1ccccc1)N[P@](=O)(OC[C@H]1O[C@@](C#N)(c2ccc3c(N)ncnn23)[C@H](O)[C@@H]1O)Oc1ccccc1. The Labute approximate surface area is 278 Å². The first-order valence-electron chi connectivity index (χ1n) is 15.6. The minimum atomic E-state index is -4.45. The molecular weight excluding hydrogens is 639 g/mol. The molecule has 0 unspecified atom stereocenters. The van der Waals surface area contributed by atoms with Crippen LogP contribution in [0.5, 0.6) is 5.75 Å². The van der Waals surface area contributed by atoms with Gasteiger partial charge < -0.3 is 29.9 Å². The Morgan fingerprint density at radius 3 is 2.48 bits per heavy atom. The van der Waals surface area contributed by atoms with Crippen molar-refractivity contribution in [2.75, 3.05) is 18.9 Å².